The van der Waals surface area contributed by atoms with Crippen LogP contribution >= 0.6 is 0 Å². The first-order chi connectivity index (χ1) is 10.6. The summed E-state index contributed by atoms with van der Waals surface area (Å²) < 4.78 is 0. The molecule has 1 aliphatic heterocycles. The molecule has 116 valence electrons. The molecular weight excluding hydrogens is 280 g/mol. The summed E-state index contributed by atoms with van der Waals surface area (Å²) >= 11 is 0. The average Bonchev–Trinajstić information content (AvgIpc) is 3.00. The molecule has 1 fully saturated rings. The van der Waals surface area contributed by atoms with Crippen molar-refractivity contribution in [3.63, 3.8) is 0 Å². The number of amides is 1. The number of aromatic amines is 1. The highest BCUT2D eigenvalue weighted by atomic mass is 16.1. The fraction of sp³-hybridized carbons (Fsp3) is 0.467. The van der Waals surface area contributed by atoms with Crippen LogP contribution in [-0.4, -0.2) is 44.1 Å². The van der Waals surface area contributed by atoms with Gasteiger partial charge in [0.2, 0.25) is 0 Å². The Bertz CT molecular complexity index is 650. The molecule has 0 aromatic carbocycles. The third kappa shape index (κ3) is 3.30. The summed E-state index contributed by atoms with van der Waals surface area (Å²) in [7, 11) is 0. The topological polar surface area (TPSA) is 101 Å². The van der Waals surface area contributed by atoms with E-state index in [1.54, 1.807) is 12.3 Å². The number of hydrogen-bond donors (Lipinski definition) is 2. The Morgan fingerprint density at radius 1 is 1.45 bits per heavy atom. The molecule has 1 atom stereocenters. The predicted molar refractivity (Wildman–Crippen MR) is 81.1 cm³/mol. The molecule has 0 spiro atoms. The molecule has 0 saturated carbocycles. The van der Waals surface area contributed by atoms with E-state index in [-0.39, 0.29) is 0 Å². The number of piperidine rings is 1. The maximum Gasteiger partial charge on any atom is 0.269 e. The SMILES string of the molecule is Cc1cnc(CN2CCC[C@@H](c3cc(C(N)=O)n[nH]3)C2)cn1. The van der Waals surface area contributed by atoms with Crippen molar-refractivity contribution in [2.75, 3.05) is 13.1 Å². The van der Waals surface area contributed by atoms with Gasteiger partial charge in [0.1, 0.15) is 5.69 Å². The maximum atomic E-state index is 11.1. The highest BCUT2D eigenvalue weighted by molar-refractivity contribution is 5.90. The Morgan fingerprint density at radius 3 is 3.00 bits per heavy atom. The number of carbonyl (C=O) groups is 1. The lowest BCUT2D eigenvalue weighted by atomic mass is 9.94. The number of nitrogens with one attached hydrogen (secondary N) is 1. The van der Waals surface area contributed by atoms with Gasteiger partial charge in [-0.25, -0.2) is 0 Å². The Labute approximate surface area is 129 Å². The number of nitrogens with zero attached hydrogens (tertiary/aromatic N) is 4. The van der Waals surface area contributed by atoms with Crippen LogP contribution in [0.4, 0.5) is 0 Å². The third-order valence-corrected chi connectivity index (χ3v) is 4.02. The lowest BCUT2D eigenvalue weighted by molar-refractivity contribution is 0.0995. The quantitative estimate of drug-likeness (QED) is 0.876. The molecule has 2 aromatic heterocycles. The molecule has 0 bridgehead atoms. The fourth-order valence-electron chi connectivity index (χ4n) is 2.86. The first-order valence-electron chi connectivity index (χ1n) is 7.47. The van der Waals surface area contributed by atoms with Gasteiger partial charge >= 0.3 is 0 Å². The molecule has 0 aliphatic carbocycles. The zero-order valence-corrected chi connectivity index (χ0v) is 12.6. The van der Waals surface area contributed by atoms with E-state index in [0.29, 0.717) is 11.6 Å². The summed E-state index contributed by atoms with van der Waals surface area (Å²) in [6, 6.07) is 1.77. The Hall–Kier alpha value is -2.28. The monoisotopic (exact) mass is 300 g/mol. The van der Waals surface area contributed by atoms with Gasteiger partial charge in [-0.15, -0.1) is 0 Å². The number of likely N-dealkylation sites (tertiary alicyclic amines) is 1. The van der Waals surface area contributed by atoms with E-state index >= 15 is 0 Å². The van der Waals surface area contributed by atoms with Crippen LogP contribution in [0.3, 0.4) is 0 Å². The molecule has 3 heterocycles. The van der Waals surface area contributed by atoms with Gasteiger partial charge in [-0.1, -0.05) is 0 Å². The summed E-state index contributed by atoms with van der Waals surface area (Å²) in [4.78, 5) is 22.2. The normalized spacial score (nSPS) is 19.2. The first kappa shape index (κ1) is 14.6. The number of aryl methyl sites for hydroxylation is 1. The van der Waals surface area contributed by atoms with Crippen LogP contribution in [0.1, 0.15) is 46.3 Å². The molecule has 3 rings (SSSR count). The van der Waals surface area contributed by atoms with E-state index in [4.69, 9.17) is 5.73 Å². The molecule has 3 N–H and O–H groups in total. The van der Waals surface area contributed by atoms with Crippen LogP contribution in [0.25, 0.3) is 0 Å². The van der Waals surface area contributed by atoms with Crippen molar-refractivity contribution in [2.24, 2.45) is 5.73 Å². The number of aromatic nitrogens is 4. The third-order valence-electron chi connectivity index (χ3n) is 4.02. The minimum atomic E-state index is -0.495. The lowest BCUT2D eigenvalue weighted by Gasteiger charge is -2.31. The zero-order valence-electron chi connectivity index (χ0n) is 12.6. The standard InChI is InChI=1S/C15H20N6O/c1-10-6-18-12(7-17-10)9-21-4-2-3-11(8-21)13-5-14(15(16)22)20-19-13/h5-7,11H,2-4,8-9H2,1H3,(H2,16,22)(H,19,20)/t11-/m1/s1. The van der Waals surface area contributed by atoms with Crippen LogP contribution in [0, 0.1) is 6.92 Å². The van der Waals surface area contributed by atoms with Gasteiger partial charge in [0.05, 0.1) is 11.4 Å². The Kier molecular flexibility index (Phi) is 4.15. The molecule has 1 saturated heterocycles. The van der Waals surface area contributed by atoms with E-state index < -0.39 is 5.91 Å². The minimum Gasteiger partial charge on any atom is -0.364 e. The summed E-state index contributed by atoms with van der Waals surface area (Å²) in [5.74, 6) is -0.155. The highest BCUT2D eigenvalue weighted by Gasteiger charge is 2.23. The molecule has 1 aliphatic rings. The molecule has 22 heavy (non-hydrogen) atoms. The summed E-state index contributed by atoms with van der Waals surface area (Å²) in [5, 5.41) is 6.91. The summed E-state index contributed by atoms with van der Waals surface area (Å²) in [5.41, 5.74) is 8.44. The van der Waals surface area contributed by atoms with Crippen molar-refractivity contribution >= 4 is 5.91 Å². The van der Waals surface area contributed by atoms with E-state index in [1.807, 2.05) is 13.1 Å². The van der Waals surface area contributed by atoms with Gasteiger partial charge in [-0.2, -0.15) is 5.10 Å². The van der Waals surface area contributed by atoms with Gasteiger partial charge in [0, 0.05) is 37.1 Å². The van der Waals surface area contributed by atoms with Crippen molar-refractivity contribution in [1.29, 1.82) is 0 Å². The fourth-order valence-corrected chi connectivity index (χ4v) is 2.86. The molecule has 0 radical (unpaired) electrons. The largest absolute Gasteiger partial charge is 0.364 e. The predicted octanol–water partition coefficient (Wildman–Crippen LogP) is 0.987. The maximum absolute atomic E-state index is 11.1. The van der Waals surface area contributed by atoms with Crippen LogP contribution < -0.4 is 5.73 Å². The second-order valence-electron chi connectivity index (χ2n) is 5.80. The number of carbonyl (C=O) groups excluding carboxylic acids is 1. The second-order valence-corrected chi connectivity index (χ2v) is 5.80. The number of rotatable bonds is 4. The van der Waals surface area contributed by atoms with Crippen molar-refractivity contribution in [2.45, 2.75) is 32.2 Å². The van der Waals surface area contributed by atoms with Crippen LogP contribution in [0.5, 0.6) is 0 Å². The average molecular weight is 300 g/mol. The summed E-state index contributed by atoms with van der Waals surface area (Å²) in [6.07, 6.45) is 5.82. The molecule has 2 aromatic rings. The number of nitrogens with two attached hydrogens (primary N) is 1. The molecule has 0 unspecified atom stereocenters. The van der Waals surface area contributed by atoms with Crippen LogP contribution in [0.2, 0.25) is 0 Å². The molecule has 7 nitrogen and oxygen atoms in total. The van der Waals surface area contributed by atoms with E-state index in [9.17, 15) is 4.79 Å². The van der Waals surface area contributed by atoms with Crippen LogP contribution in [-0.2, 0) is 6.54 Å². The number of H-pyrrole nitrogens is 1. The van der Waals surface area contributed by atoms with E-state index in [0.717, 1.165) is 49.6 Å². The van der Waals surface area contributed by atoms with E-state index in [1.165, 1.54) is 0 Å². The lowest BCUT2D eigenvalue weighted by Crippen LogP contribution is -2.34. The zero-order chi connectivity index (χ0) is 15.5. The molecule has 1 amide bonds. The Morgan fingerprint density at radius 2 is 2.32 bits per heavy atom. The Balaban J connectivity index is 1.65. The smallest absolute Gasteiger partial charge is 0.269 e. The van der Waals surface area contributed by atoms with Crippen molar-refractivity contribution in [3.05, 3.63) is 41.2 Å². The highest BCUT2D eigenvalue weighted by Crippen LogP contribution is 2.26. The van der Waals surface area contributed by atoms with E-state index in [2.05, 4.69) is 25.1 Å². The van der Waals surface area contributed by atoms with Crippen LogP contribution in [0.15, 0.2) is 18.5 Å². The van der Waals surface area contributed by atoms with Crippen molar-refractivity contribution in [1.82, 2.24) is 25.1 Å². The van der Waals surface area contributed by atoms with Crippen molar-refractivity contribution < 1.29 is 4.79 Å². The molecular formula is C15H20N6O. The summed E-state index contributed by atoms with van der Waals surface area (Å²) in [6.45, 7) is 4.68. The van der Waals surface area contributed by atoms with Gasteiger partial charge in [-0.3, -0.25) is 24.8 Å². The number of primary amides is 1. The van der Waals surface area contributed by atoms with Gasteiger partial charge < -0.3 is 5.73 Å². The van der Waals surface area contributed by atoms with Crippen molar-refractivity contribution in [3.8, 4) is 0 Å². The second kappa shape index (κ2) is 6.23. The van der Waals surface area contributed by atoms with Gasteiger partial charge in [0.25, 0.3) is 5.91 Å². The first-order valence-corrected chi connectivity index (χ1v) is 7.47. The number of hydrogen-bond acceptors (Lipinski definition) is 5. The minimum absolute atomic E-state index is 0.302. The van der Waals surface area contributed by atoms with Gasteiger partial charge in [0.15, 0.2) is 0 Å². The molecule has 7 heteroatoms. The van der Waals surface area contributed by atoms with Gasteiger partial charge in [-0.05, 0) is 32.4 Å².